The molecule has 2 fully saturated rings. The van der Waals surface area contributed by atoms with Crippen molar-refractivity contribution in [2.24, 2.45) is 17.3 Å². The second-order valence-corrected chi connectivity index (χ2v) is 16.4. The highest BCUT2D eigenvalue weighted by atomic mass is 32.2. The van der Waals surface area contributed by atoms with Crippen LogP contribution in [0.3, 0.4) is 0 Å². The lowest BCUT2D eigenvalue weighted by atomic mass is 9.62. The van der Waals surface area contributed by atoms with Gasteiger partial charge in [0.2, 0.25) is 0 Å². The number of sulfone groups is 1. The summed E-state index contributed by atoms with van der Waals surface area (Å²) in [7, 11) is -3.25. The standard InChI is InChI=1S/C30H48O4S/c1-20(15-17-29(6,7)35(33,34)28(3,4)5)25-13-14-26-22(10-9-16-30(25,26)8)11-12-23-18-24(31)19-27(32)21(23)2/h11-13,20,24,26-27,31-32H,2,9-10,14-19H2,1,3-8H3/b22-11+,23-12-/t20-,24-,26+,27+,30-/m1/s1. The van der Waals surface area contributed by atoms with E-state index in [9.17, 15) is 18.6 Å². The summed E-state index contributed by atoms with van der Waals surface area (Å²) in [6.45, 7) is 17.9. The first-order valence-corrected chi connectivity index (χ1v) is 14.9. The van der Waals surface area contributed by atoms with Gasteiger partial charge in [-0.2, -0.15) is 0 Å². The molecule has 0 saturated heterocycles. The molecule has 0 unspecified atom stereocenters. The van der Waals surface area contributed by atoms with Gasteiger partial charge >= 0.3 is 0 Å². The molecule has 0 bridgehead atoms. The Balaban J connectivity index is 1.75. The van der Waals surface area contributed by atoms with Gasteiger partial charge in [-0.15, -0.1) is 0 Å². The lowest BCUT2D eigenvalue weighted by Crippen LogP contribution is -2.44. The van der Waals surface area contributed by atoms with Crippen LogP contribution in [0, 0.1) is 17.3 Å². The van der Waals surface area contributed by atoms with Crippen LogP contribution in [0.4, 0.5) is 0 Å². The first kappa shape index (κ1) is 28.4. The number of allylic oxidation sites excluding steroid dienone is 5. The number of hydrogen-bond acceptors (Lipinski definition) is 4. The molecule has 5 atom stereocenters. The quantitative estimate of drug-likeness (QED) is 0.407. The minimum Gasteiger partial charge on any atom is -0.393 e. The molecule has 0 aromatic carbocycles. The highest BCUT2D eigenvalue weighted by Crippen LogP contribution is 2.57. The zero-order valence-electron chi connectivity index (χ0n) is 23.0. The van der Waals surface area contributed by atoms with E-state index in [0.29, 0.717) is 31.1 Å². The molecule has 198 valence electrons. The van der Waals surface area contributed by atoms with Gasteiger partial charge in [0, 0.05) is 6.42 Å². The maximum Gasteiger partial charge on any atom is 0.160 e. The van der Waals surface area contributed by atoms with Gasteiger partial charge < -0.3 is 10.2 Å². The number of aliphatic hydroxyl groups excluding tert-OH is 2. The summed E-state index contributed by atoms with van der Waals surface area (Å²) in [5.74, 6) is 0.809. The molecule has 2 saturated carbocycles. The number of rotatable bonds is 6. The molecule has 4 nitrogen and oxygen atoms in total. The smallest absolute Gasteiger partial charge is 0.160 e. The van der Waals surface area contributed by atoms with E-state index >= 15 is 0 Å². The normalized spacial score (nSPS) is 33.7. The van der Waals surface area contributed by atoms with Gasteiger partial charge in [-0.05, 0) is 108 Å². The fraction of sp³-hybridized carbons (Fsp3) is 0.733. The Labute approximate surface area is 214 Å². The fourth-order valence-corrected chi connectivity index (χ4v) is 8.81. The summed E-state index contributed by atoms with van der Waals surface area (Å²) in [4.78, 5) is 0. The molecular formula is C30H48O4S. The van der Waals surface area contributed by atoms with Gasteiger partial charge in [0.15, 0.2) is 9.84 Å². The maximum absolute atomic E-state index is 13.1. The van der Waals surface area contributed by atoms with Gasteiger partial charge in [0.1, 0.15) is 0 Å². The molecule has 0 aromatic heterocycles. The molecule has 0 aliphatic heterocycles. The molecule has 2 N–H and O–H groups in total. The Morgan fingerprint density at radius 3 is 2.49 bits per heavy atom. The van der Waals surface area contributed by atoms with Gasteiger partial charge in [0.05, 0.1) is 21.7 Å². The van der Waals surface area contributed by atoms with Crippen LogP contribution >= 0.6 is 0 Å². The monoisotopic (exact) mass is 504 g/mol. The molecule has 0 heterocycles. The summed E-state index contributed by atoms with van der Waals surface area (Å²) in [6, 6.07) is 0. The second kappa shape index (κ2) is 9.95. The van der Waals surface area contributed by atoms with E-state index in [1.165, 1.54) is 11.1 Å². The van der Waals surface area contributed by atoms with Crippen LogP contribution in [0.1, 0.15) is 99.8 Å². The van der Waals surface area contributed by atoms with Crippen molar-refractivity contribution in [1.29, 1.82) is 0 Å². The van der Waals surface area contributed by atoms with Crippen LogP contribution in [0.2, 0.25) is 0 Å². The van der Waals surface area contributed by atoms with Crippen molar-refractivity contribution < 1.29 is 18.6 Å². The van der Waals surface area contributed by atoms with Crippen molar-refractivity contribution in [3.8, 4) is 0 Å². The van der Waals surface area contributed by atoms with Gasteiger partial charge in [-0.3, -0.25) is 0 Å². The molecule has 3 rings (SSSR count). The zero-order chi connectivity index (χ0) is 26.4. The lowest BCUT2D eigenvalue weighted by molar-refractivity contribution is 0.0862. The Hall–Kier alpha value is -1.17. The average molecular weight is 505 g/mol. The van der Waals surface area contributed by atoms with Crippen molar-refractivity contribution >= 4 is 9.84 Å². The molecular weight excluding hydrogens is 456 g/mol. The SMILES string of the molecule is C=C1/C(=C\C=C2/CCC[C@]3(C)C([C@H](C)CCC(C)(C)S(=O)(=O)C(C)(C)C)=CC[C@@H]23)C[C@@H](O)C[C@@H]1O. The molecule has 0 aromatic rings. The largest absolute Gasteiger partial charge is 0.393 e. The molecule has 3 aliphatic rings. The van der Waals surface area contributed by atoms with Crippen LogP contribution in [0.15, 0.2) is 47.1 Å². The summed E-state index contributed by atoms with van der Waals surface area (Å²) >= 11 is 0. The predicted molar refractivity (Wildman–Crippen MR) is 146 cm³/mol. The highest BCUT2D eigenvalue weighted by molar-refractivity contribution is 7.94. The molecule has 0 spiro atoms. The molecule has 0 radical (unpaired) electrons. The molecule has 35 heavy (non-hydrogen) atoms. The summed E-state index contributed by atoms with van der Waals surface area (Å²) in [5, 5.41) is 20.3. The third-order valence-corrected chi connectivity index (χ3v) is 12.4. The minimum atomic E-state index is -3.25. The van der Waals surface area contributed by atoms with Gasteiger partial charge in [0.25, 0.3) is 0 Å². The van der Waals surface area contributed by atoms with Crippen molar-refractivity contribution in [3.63, 3.8) is 0 Å². The zero-order valence-corrected chi connectivity index (χ0v) is 23.8. The van der Waals surface area contributed by atoms with Crippen LogP contribution in [0.25, 0.3) is 0 Å². The number of aliphatic hydroxyl groups is 2. The van der Waals surface area contributed by atoms with Crippen molar-refractivity contribution in [3.05, 3.63) is 47.1 Å². The van der Waals surface area contributed by atoms with E-state index in [-0.39, 0.29) is 5.41 Å². The van der Waals surface area contributed by atoms with E-state index in [0.717, 1.165) is 43.3 Å². The Bertz CT molecular complexity index is 1020. The van der Waals surface area contributed by atoms with Crippen molar-refractivity contribution in [2.75, 3.05) is 0 Å². The predicted octanol–water partition coefficient (Wildman–Crippen LogP) is 6.46. The van der Waals surface area contributed by atoms with E-state index < -0.39 is 31.5 Å². The summed E-state index contributed by atoms with van der Waals surface area (Å²) in [6.07, 6.45) is 12.4. The average Bonchev–Trinajstić information content (AvgIpc) is 3.10. The van der Waals surface area contributed by atoms with Crippen LogP contribution in [-0.2, 0) is 9.84 Å². The lowest BCUT2D eigenvalue weighted by Gasteiger charge is -2.43. The number of fused-ring (bicyclic) bond motifs is 1. The Kier molecular flexibility index (Phi) is 8.07. The first-order valence-electron chi connectivity index (χ1n) is 13.4. The van der Waals surface area contributed by atoms with E-state index in [1.807, 2.05) is 13.8 Å². The topological polar surface area (TPSA) is 74.6 Å². The molecule has 5 heteroatoms. The Morgan fingerprint density at radius 2 is 1.86 bits per heavy atom. The van der Waals surface area contributed by atoms with E-state index in [2.05, 4.69) is 38.7 Å². The third-order valence-electron chi connectivity index (χ3n) is 9.12. The van der Waals surface area contributed by atoms with Crippen LogP contribution in [-0.4, -0.2) is 40.3 Å². The van der Waals surface area contributed by atoms with Crippen molar-refractivity contribution in [1.82, 2.24) is 0 Å². The fourth-order valence-electron chi connectivity index (χ4n) is 6.76. The highest BCUT2D eigenvalue weighted by Gasteiger charge is 2.47. The van der Waals surface area contributed by atoms with E-state index in [1.54, 1.807) is 20.8 Å². The number of hydrogen-bond donors (Lipinski definition) is 2. The molecule has 3 aliphatic carbocycles. The molecule has 0 amide bonds. The van der Waals surface area contributed by atoms with Gasteiger partial charge in [-0.1, -0.05) is 49.8 Å². The maximum atomic E-state index is 13.1. The third kappa shape index (κ3) is 5.43. The second-order valence-electron chi connectivity index (χ2n) is 13.1. The summed E-state index contributed by atoms with van der Waals surface area (Å²) in [5.41, 5.74) is 4.74. The summed E-state index contributed by atoms with van der Waals surface area (Å²) < 4.78 is 24.8. The van der Waals surface area contributed by atoms with E-state index in [4.69, 9.17) is 0 Å². The minimum absolute atomic E-state index is 0.109. The Morgan fingerprint density at radius 1 is 1.20 bits per heavy atom. The van der Waals surface area contributed by atoms with Crippen molar-refractivity contribution in [2.45, 2.75) is 122 Å². The first-order chi connectivity index (χ1) is 16.0. The van der Waals surface area contributed by atoms with Crippen LogP contribution < -0.4 is 0 Å². The van der Waals surface area contributed by atoms with Gasteiger partial charge in [-0.25, -0.2) is 8.42 Å². The van der Waals surface area contributed by atoms with Crippen LogP contribution in [0.5, 0.6) is 0 Å².